The van der Waals surface area contributed by atoms with Crippen molar-refractivity contribution in [2.75, 3.05) is 12.5 Å². The Morgan fingerprint density at radius 3 is 2.67 bits per heavy atom. The van der Waals surface area contributed by atoms with Gasteiger partial charge in [-0.15, -0.1) is 0 Å². The first-order chi connectivity index (χ1) is 8.79. The summed E-state index contributed by atoms with van der Waals surface area (Å²) < 4.78 is 18.5. The molecule has 0 saturated carbocycles. The van der Waals surface area contributed by atoms with Gasteiger partial charge in [-0.05, 0) is 30.3 Å². The smallest absolute Gasteiger partial charge is 0.132 e. The van der Waals surface area contributed by atoms with E-state index in [9.17, 15) is 4.39 Å². The zero-order valence-electron chi connectivity index (χ0n) is 9.93. The van der Waals surface area contributed by atoms with Gasteiger partial charge in [0.25, 0.3) is 0 Å². The highest BCUT2D eigenvalue weighted by Crippen LogP contribution is 2.15. The summed E-state index contributed by atoms with van der Waals surface area (Å²) in [6.45, 7) is 0. The number of ether oxygens (including phenoxy) is 1. The molecule has 0 atom stereocenters. The summed E-state index contributed by atoms with van der Waals surface area (Å²) in [5.74, 6) is 0.256. The SMILES string of the molecule is COc1ccc(F)c(/C=N/Nc2ccccc2)c1. The van der Waals surface area contributed by atoms with Crippen LogP contribution in [0.5, 0.6) is 5.75 Å². The summed E-state index contributed by atoms with van der Waals surface area (Å²) in [6.07, 6.45) is 1.42. The zero-order chi connectivity index (χ0) is 12.8. The molecule has 0 saturated heterocycles. The number of nitrogens with zero attached hydrogens (tertiary/aromatic N) is 1. The average molecular weight is 244 g/mol. The number of halogens is 1. The molecule has 3 nitrogen and oxygen atoms in total. The molecule has 0 unspecified atom stereocenters. The normalized spacial score (nSPS) is 10.6. The van der Waals surface area contributed by atoms with Gasteiger partial charge in [0.2, 0.25) is 0 Å². The van der Waals surface area contributed by atoms with Crippen molar-refractivity contribution in [3.8, 4) is 5.75 Å². The fraction of sp³-hybridized carbons (Fsp3) is 0.0714. The van der Waals surface area contributed by atoms with Gasteiger partial charge >= 0.3 is 0 Å². The standard InChI is InChI=1S/C14H13FN2O/c1-18-13-7-8-14(15)11(9-13)10-16-17-12-5-3-2-4-6-12/h2-10,17H,1H3/b16-10+. The van der Waals surface area contributed by atoms with Gasteiger partial charge in [-0.3, -0.25) is 5.43 Å². The monoisotopic (exact) mass is 244 g/mol. The van der Waals surface area contributed by atoms with Crippen LogP contribution >= 0.6 is 0 Å². The predicted molar refractivity (Wildman–Crippen MR) is 70.6 cm³/mol. The molecule has 1 N–H and O–H groups in total. The molecule has 18 heavy (non-hydrogen) atoms. The molecule has 2 aromatic carbocycles. The third-order valence-corrected chi connectivity index (χ3v) is 2.37. The Hall–Kier alpha value is -2.36. The van der Waals surface area contributed by atoms with Crippen LogP contribution in [0.2, 0.25) is 0 Å². The Morgan fingerprint density at radius 1 is 1.17 bits per heavy atom. The van der Waals surface area contributed by atoms with Crippen LogP contribution in [0, 0.1) is 5.82 Å². The number of hydrogen-bond acceptors (Lipinski definition) is 3. The third kappa shape index (κ3) is 3.07. The summed E-state index contributed by atoms with van der Waals surface area (Å²) in [5, 5.41) is 3.98. The quantitative estimate of drug-likeness (QED) is 0.661. The minimum Gasteiger partial charge on any atom is -0.497 e. The molecule has 4 heteroatoms. The van der Waals surface area contributed by atoms with Crippen molar-refractivity contribution >= 4 is 11.9 Å². The van der Waals surface area contributed by atoms with E-state index in [0.29, 0.717) is 11.3 Å². The second-order valence-electron chi connectivity index (χ2n) is 3.62. The van der Waals surface area contributed by atoms with Gasteiger partial charge in [0.15, 0.2) is 0 Å². The lowest BCUT2D eigenvalue weighted by Crippen LogP contribution is -1.94. The van der Waals surface area contributed by atoms with Crippen LogP contribution in [0.1, 0.15) is 5.56 Å². The lowest BCUT2D eigenvalue weighted by molar-refractivity contribution is 0.413. The fourth-order valence-corrected chi connectivity index (χ4v) is 1.44. The molecule has 0 aromatic heterocycles. The van der Waals surface area contributed by atoms with E-state index in [-0.39, 0.29) is 5.82 Å². The van der Waals surface area contributed by atoms with Crippen molar-refractivity contribution < 1.29 is 9.13 Å². The van der Waals surface area contributed by atoms with Crippen LogP contribution in [-0.2, 0) is 0 Å². The molecule has 0 aliphatic heterocycles. The van der Waals surface area contributed by atoms with Gasteiger partial charge in [0.05, 0.1) is 19.0 Å². The van der Waals surface area contributed by atoms with E-state index in [1.807, 2.05) is 30.3 Å². The van der Waals surface area contributed by atoms with Gasteiger partial charge < -0.3 is 4.74 Å². The van der Waals surface area contributed by atoms with E-state index in [1.54, 1.807) is 12.1 Å². The number of hydrazone groups is 1. The van der Waals surface area contributed by atoms with Crippen molar-refractivity contribution in [2.24, 2.45) is 5.10 Å². The van der Waals surface area contributed by atoms with Crippen molar-refractivity contribution in [1.29, 1.82) is 0 Å². The van der Waals surface area contributed by atoms with Gasteiger partial charge in [0.1, 0.15) is 11.6 Å². The molecular weight excluding hydrogens is 231 g/mol. The molecule has 0 radical (unpaired) electrons. The van der Waals surface area contributed by atoms with Crippen LogP contribution in [0.15, 0.2) is 53.6 Å². The van der Waals surface area contributed by atoms with Gasteiger partial charge in [0, 0.05) is 5.56 Å². The summed E-state index contributed by atoms with van der Waals surface area (Å²) in [7, 11) is 1.54. The lowest BCUT2D eigenvalue weighted by atomic mass is 10.2. The molecule has 2 aromatic rings. The minimum atomic E-state index is -0.339. The summed E-state index contributed by atoms with van der Waals surface area (Å²) in [4.78, 5) is 0. The van der Waals surface area contributed by atoms with E-state index >= 15 is 0 Å². The minimum absolute atomic E-state index is 0.339. The van der Waals surface area contributed by atoms with E-state index in [2.05, 4.69) is 10.5 Å². The number of anilines is 1. The Morgan fingerprint density at radius 2 is 1.94 bits per heavy atom. The van der Waals surface area contributed by atoms with Crippen molar-refractivity contribution in [3.63, 3.8) is 0 Å². The molecular formula is C14H13FN2O. The van der Waals surface area contributed by atoms with E-state index in [0.717, 1.165) is 5.69 Å². The Kier molecular flexibility index (Phi) is 3.91. The van der Waals surface area contributed by atoms with E-state index < -0.39 is 0 Å². The molecule has 0 aliphatic rings. The average Bonchev–Trinajstić information content (AvgIpc) is 2.42. The molecule has 92 valence electrons. The highest BCUT2D eigenvalue weighted by atomic mass is 19.1. The summed E-state index contributed by atoms with van der Waals surface area (Å²) in [5.41, 5.74) is 4.04. The third-order valence-electron chi connectivity index (χ3n) is 2.37. The number of methoxy groups -OCH3 is 1. The second-order valence-corrected chi connectivity index (χ2v) is 3.62. The summed E-state index contributed by atoms with van der Waals surface area (Å²) >= 11 is 0. The molecule has 0 heterocycles. The predicted octanol–water partition coefficient (Wildman–Crippen LogP) is 3.28. The van der Waals surface area contributed by atoms with E-state index in [4.69, 9.17) is 4.74 Å². The molecule has 0 bridgehead atoms. The number of nitrogens with one attached hydrogen (secondary N) is 1. The lowest BCUT2D eigenvalue weighted by Gasteiger charge is -2.02. The Balaban J connectivity index is 2.09. The molecule has 0 fully saturated rings. The van der Waals surface area contributed by atoms with Crippen LogP contribution in [0.3, 0.4) is 0 Å². The Bertz CT molecular complexity index is 541. The van der Waals surface area contributed by atoms with Crippen LogP contribution in [-0.4, -0.2) is 13.3 Å². The van der Waals surface area contributed by atoms with Crippen LogP contribution < -0.4 is 10.2 Å². The molecule has 0 amide bonds. The maximum Gasteiger partial charge on any atom is 0.132 e. The van der Waals surface area contributed by atoms with Crippen LogP contribution in [0.25, 0.3) is 0 Å². The number of rotatable bonds is 4. The van der Waals surface area contributed by atoms with Crippen molar-refractivity contribution in [2.45, 2.75) is 0 Å². The second kappa shape index (κ2) is 5.82. The first-order valence-corrected chi connectivity index (χ1v) is 5.47. The van der Waals surface area contributed by atoms with Crippen molar-refractivity contribution in [1.82, 2.24) is 0 Å². The first kappa shape index (κ1) is 12.1. The topological polar surface area (TPSA) is 33.6 Å². The number of para-hydroxylation sites is 1. The fourth-order valence-electron chi connectivity index (χ4n) is 1.44. The molecule has 0 aliphatic carbocycles. The number of hydrogen-bond donors (Lipinski definition) is 1. The Labute approximate surface area is 105 Å². The maximum atomic E-state index is 13.5. The van der Waals surface area contributed by atoms with Crippen LogP contribution in [0.4, 0.5) is 10.1 Å². The molecule has 2 rings (SSSR count). The van der Waals surface area contributed by atoms with E-state index in [1.165, 1.54) is 19.4 Å². The highest BCUT2D eigenvalue weighted by Gasteiger charge is 2.01. The van der Waals surface area contributed by atoms with Crippen molar-refractivity contribution in [3.05, 3.63) is 59.9 Å². The largest absolute Gasteiger partial charge is 0.497 e. The van der Waals surface area contributed by atoms with Gasteiger partial charge in [-0.2, -0.15) is 5.10 Å². The zero-order valence-corrected chi connectivity index (χ0v) is 9.93. The number of benzene rings is 2. The van der Waals surface area contributed by atoms with Gasteiger partial charge in [-0.25, -0.2) is 4.39 Å². The van der Waals surface area contributed by atoms with Gasteiger partial charge in [-0.1, -0.05) is 18.2 Å². The molecule has 0 spiro atoms. The maximum absolute atomic E-state index is 13.5. The first-order valence-electron chi connectivity index (χ1n) is 5.47. The highest BCUT2D eigenvalue weighted by molar-refractivity contribution is 5.81. The summed E-state index contributed by atoms with van der Waals surface area (Å²) in [6, 6.07) is 14.0.